The molecule has 1 aromatic carbocycles. The van der Waals surface area contributed by atoms with Crippen LogP contribution in [0.5, 0.6) is 0 Å². The summed E-state index contributed by atoms with van der Waals surface area (Å²) in [6, 6.07) is 4.78. The van der Waals surface area contributed by atoms with Gasteiger partial charge in [0.1, 0.15) is 5.52 Å². The lowest BCUT2D eigenvalue weighted by atomic mass is 10.3. The number of para-hydroxylation sites is 1. The van der Waals surface area contributed by atoms with E-state index in [0.717, 1.165) is 0 Å². The number of fused-ring (bicyclic) bond motifs is 1. The van der Waals surface area contributed by atoms with Gasteiger partial charge < -0.3 is 0 Å². The number of halogens is 1. The van der Waals surface area contributed by atoms with Crippen LogP contribution in [0.1, 0.15) is 0 Å². The van der Waals surface area contributed by atoms with Gasteiger partial charge in [-0.15, -0.1) is 5.10 Å². The van der Waals surface area contributed by atoms with Crippen LogP contribution in [0, 0.1) is 10.1 Å². The van der Waals surface area contributed by atoms with Gasteiger partial charge in [0.05, 0.1) is 11.3 Å². The second kappa shape index (κ2) is 3.74. The monoisotopic (exact) mass is 322 g/mol. The number of nitro groups is 1. The van der Waals surface area contributed by atoms with Crippen LogP contribution in [-0.4, -0.2) is 19.7 Å². The Hall–Kier alpha value is -0.820. The highest BCUT2D eigenvalue weighted by Gasteiger charge is 2.16. The summed E-state index contributed by atoms with van der Waals surface area (Å²) in [5.41, 5.74) is 1.10. The number of aromatic nitrogens is 3. The SMILES string of the molecule is O=[N+]([O-])c1cccc2nnn(PI)c12. The van der Waals surface area contributed by atoms with Crippen molar-refractivity contribution in [3.63, 3.8) is 0 Å². The fraction of sp³-hybridized carbons (Fsp3) is 0. The number of hydrogen-bond acceptors (Lipinski definition) is 4. The van der Waals surface area contributed by atoms with Gasteiger partial charge >= 0.3 is 0 Å². The van der Waals surface area contributed by atoms with E-state index in [4.69, 9.17) is 0 Å². The molecule has 1 aromatic heterocycles. The Morgan fingerprint density at radius 1 is 1.57 bits per heavy atom. The highest BCUT2D eigenvalue weighted by atomic mass is 127. The smallest absolute Gasteiger partial charge is 0.258 e. The van der Waals surface area contributed by atoms with Gasteiger partial charge in [0.25, 0.3) is 5.69 Å². The zero-order valence-corrected chi connectivity index (χ0v) is 9.87. The van der Waals surface area contributed by atoms with Crippen LogP contribution >= 0.6 is 28.4 Å². The summed E-state index contributed by atoms with van der Waals surface area (Å²) in [5.74, 6) is 0. The Balaban J connectivity index is 2.81. The number of hydrogen-bond donors (Lipinski definition) is 0. The Bertz CT molecular complexity index is 500. The second-order valence-electron chi connectivity index (χ2n) is 2.49. The zero-order chi connectivity index (χ0) is 10.1. The molecular weight excluding hydrogens is 318 g/mol. The minimum absolute atomic E-state index is 0.0525. The fourth-order valence-corrected chi connectivity index (χ4v) is 2.57. The fourth-order valence-electron chi connectivity index (χ4n) is 1.16. The van der Waals surface area contributed by atoms with Gasteiger partial charge in [-0.3, -0.25) is 10.1 Å². The van der Waals surface area contributed by atoms with E-state index in [-0.39, 0.29) is 5.69 Å². The summed E-state index contributed by atoms with van der Waals surface area (Å²) < 4.78 is 1.54. The van der Waals surface area contributed by atoms with E-state index >= 15 is 0 Å². The third-order valence-electron chi connectivity index (χ3n) is 1.72. The molecule has 6 nitrogen and oxygen atoms in total. The van der Waals surface area contributed by atoms with Gasteiger partial charge in [0.15, 0.2) is 5.52 Å². The lowest BCUT2D eigenvalue weighted by Crippen LogP contribution is -1.92. The van der Waals surface area contributed by atoms with E-state index in [1.807, 2.05) is 0 Å². The number of benzene rings is 1. The van der Waals surface area contributed by atoms with Gasteiger partial charge in [-0.1, -0.05) is 11.3 Å². The predicted octanol–water partition coefficient (Wildman–Crippen LogP) is 2.13. The van der Waals surface area contributed by atoms with Crippen LogP contribution in [0.3, 0.4) is 0 Å². The van der Waals surface area contributed by atoms with Crippen molar-refractivity contribution < 1.29 is 4.92 Å². The third-order valence-corrected chi connectivity index (χ3v) is 3.57. The summed E-state index contributed by atoms with van der Waals surface area (Å²) in [6.45, 7) is 0. The largest absolute Gasteiger partial charge is 0.297 e. The second-order valence-corrected chi connectivity index (χ2v) is 4.53. The van der Waals surface area contributed by atoms with Crippen LogP contribution in [0.15, 0.2) is 18.2 Å². The maximum atomic E-state index is 10.7. The maximum Gasteiger partial charge on any atom is 0.297 e. The molecule has 0 aliphatic carbocycles. The first-order valence-corrected chi connectivity index (χ1v) is 7.65. The van der Waals surface area contributed by atoms with E-state index in [1.54, 1.807) is 12.1 Å². The first kappa shape index (κ1) is 9.72. The molecule has 0 amide bonds. The maximum absolute atomic E-state index is 10.7. The molecule has 72 valence electrons. The molecule has 0 radical (unpaired) electrons. The Labute approximate surface area is 93.1 Å². The van der Waals surface area contributed by atoms with Gasteiger partial charge in [-0.25, -0.2) is 4.45 Å². The Morgan fingerprint density at radius 2 is 2.36 bits per heavy atom. The predicted molar refractivity (Wildman–Crippen MR) is 61.9 cm³/mol. The average molecular weight is 322 g/mol. The van der Waals surface area contributed by atoms with Gasteiger partial charge in [-0.05, 0) is 28.1 Å². The lowest BCUT2D eigenvalue weighted by molar-refractivity contribution is -0.383. The third kappa shape index (κ3) is 1.46. The molecule has 8 heteroatoms. The van der Waals surface area contributed by atoms with Crippen LogP contribution in [0.4, 0.5) is 5.69 Å². The summed E-state index contributed by atoms with van der Waals surface area (Å²) in [6.07, 6.45) is 0.306. The summed E-state index contributed by atoms with van der Waals surface area (Å²) in [7, 11) is 0. The van der Waals surface area contributed by atoms with Gasteiger partial charge in [-0.2, -0.15) is 0 Å². The van der Waals surface area contributed by atoms with Crippen LogP contribution in [0.2, 0.25) is 0 Å². The van der Waals surface area contributed by atoms with Crippen molar-refractivity contribution in [1.29, 1.82) is 0 Å². The lowest BCUT2D eigenvalue weighted by Gasteiger charge is -1.95. The van der Waals surface area contributed by atoms with Crippen LogP contribution in [0.25, 0.3) is 11.0 Å². The molecule has 0 saturated carbocycles. The summed E-state index contributed by atoms with van der Waals surface area (Å²) in [5, 5.41) is 18.4. The molecule has 0 spiro atoms. The zero-order valence-electron chi connectivity index (χ0n) is 6.72. The molecule has 0 N–H and O–H groups in total. The van der Waals surface area contributed by atoms with E-state index in [9.17, 15) is 10.1 Å². The molecule has 0 aliphatic heterocycles. The molecule has 1 atom stereocenters. The van der Waals surface area contributed by atoms with E-state index in [1.165, 1.54) is 10.5 Å². The molecule has 1 heterocycles. The van der Waals surface area contributed by atoms with Crippen LogP contribution in [-0.2, 0) is 0 Å². The van der Waals surface area contributed by atoms with Crippen molar-refractivity contribution in [2.75, 3.05) is 0 Å². The normalized spacial score (nSPS) is 11.5. The van der Waals surface area contributed by atoms with E-state index < -0.39 is 4.92 Å². The topological polar surface area (TPSA) is 73.8 Å². The van der Waals surface area contributed by atoms with Crippen molar-refractivity contribution in [2.24, 2.45) is 0 Å². The Kier molecular flexibility index (Phi) is 2.60. The molecule has 0 saturated heterocycles. The van der Waals surface area contributed by atoms with Gasteiger partial charge in [0, 0.05) is 6.07 Å². The van der Waals surface area contributed by atoms with Crippen LogP contribution < -0.4 is 0 Å². The molecule has 0 aliphatic rings. The first-order valence-electron chi connectivity index (χ1n) is 3.59. The van der Waals surface area contributed by atoms with E-state index in [0.29, 0.717) is 17.4 Å². The molecule has 2 rings (SSSR count). The number of rotatable bonds is 2. The van der Waals surface area contributed by atoms with Crippen molar-refractivity contribution in [2.45, 2.75) is 0 Å². The minimum Gasteiger partial charge on any atom is -0.258 e. The molecule has 2 aromatic rings. The Morgan fingerprint density at radius 3 is 3.00 bits per heavy atom. The van der Waals surface area contributed by atoms with Crippen molar-refractivity contribution in [3.8, 4) is 0 Å². The van der Waals surface area contributed by atoms with Crippen molar-refractivity contribution in [1.82, 2.24) is 14.8 Å². The van der Waals surface area contributed by atoms with E-state index in [2.05, 4.69) is 32.4 Å². The molecular formula is C6H4IN4O2P. The minimum atomic E-state index is -0.418. The molecule has 1 unspecified atom stereocenters. The highest BCUT2D eigenvalue weighted by Crippen LogP contribution is 2.31. The quantitative estimate of drug-likeness (QED) is 0.367. The standard InChI is InChI=1S/C6H4IN4O2P/c7-14-10-6-4(8-9-10)2-1-3-5(6)11(12)13/h1-3,14H. The van der Waals surface area contributed by atoms with Crippen molar-refractivity contribution >= 4 is 45.1 Å². The average Bonchev–Trinajstić information content (AvgIpc) is 2.59. The molecule has 0 bridgehead atoms. The summed E-state index contributed by atoms with van der Waals surface area (Å²) in [4.78, 5) is 10.3. The van der Waals surface area contributed by atoms with Crippen molar-refractivity contribution in [3.05, 3.63) is 28.3 Å². The number of nitro benzene ring substituents is 1. The highest BCUT2D eigenvalue weighted by molar-refractivity contribution is 14.2. The first-order chi connectivity index (χ1) is 6.74. The number of nitrogens with zero attached hydrogens (tertiary/aromatic N) is 4. The molecule has 0 fully saturated rings. The summed E-state index contributed by atoms with van der Waals surface area (Å²) >= 11 is 2.10. The molecule has 14 heavy (non-hydrogen) atoms. The number of non-ortho nitro benzene ring substituents is 1. The van der Waals surface area contributed by atoms with Gasteiger partial charge in [0.2, 0.25) is 0 Å².